The van der Waals surface area contributed by atoms with Crippen LogP contribution in [0, 0.1) is 0 Å². The number of imide groups is 1. The Morgan fingerprint density at radius 1 is 0.645 bits per heavy atom. The summed E-state index contributed by atoms with van der Waals surface area (Å²) in [6, 6.07) is 27.0. The first-order valence-corrected chi connectivity index (χ1v) is 10.3. The first-order valence-electron chi connectivity index (χ1n) is 10.3. The fourth-order valence-electron chi connectivity index (χ4n) is 3.93. The third kappa shape index (κ3) is 3.55. The molecule has 5 heteroatoms. The second kappa shape index (κ2) is 8.03. The van der Waals surface area contributed by atoms with E-state index in [0.717, 1.165) is 22.5 Å². The molecule has 0 saturated carbocycles. The van der Waals surface area contributed by atoms with E-state index in [0.29, 0.717) is 36.3 Å². The number of hydrogen-bond acceptors (Lipinski definition) is 3. The van der Waals surface area contributed by atoms with Crippen molar-refractivity contribution in [1.82, 2.24) is 10.2 Å². The molecule has 0 spiro atoms. The number of nitrogens with zero attached hydrogens (tertiary/aromatic N) is 3. The van der Waals surface area contributed by atoms with E-state index in [1.165, 1.54) is 4.90 Å². The van der Waals surface area contributed by atoms with Gasteiger partial charge >= 0.3 is 0 Å². The lowest BCUT2D eigenvalue weighted by Crippen LogP contribution is -2.31. The first-order chi connectivity index (χ1) is 15.2. The van der Waals surface area contributed by atoms with Crippen molar-refractivity contribution in [2.75, 3.05) is 6.54 Å². The molecule has 5 rings (SSSR count). The lowest BCUT2D eigenvalue weighted by atomic mass is 10.1. The fourth-order valence-corrected chi connectivity index (χ4v) is 3.93. The molecule has 0 N–H and O–H groups in total. The Kier molecular flexibility index (Phi) is 4.92. The van der Waals surface area contributed by atoms with E-state index in [1.54, 1.807) is 24.3 Å². The number of fused-ring (bicyclic) bond motifs is 1. The van der Waals surface area contributed by atoms with Gasteiger partial charge in [0, 0.05) is 24.1 Å². The highest BCUT2D eigenvalue weighted by Crippen LogP contribution is 2.31. The van der Waals surface area contributed by atoms with Crippen LogP contribution in [0.2, 0.25) is 0 Å². The van der Waals surface area contributed by atoms with Gasteiger partial charge in [0.05, 0.1) is 22.5 Å². The maximum Gasteiger partial charge on any atom is 0.261 e. The predicted molar refractivity (Wildman–Crippen MR) is 120 cm³/mol. The van der Waals surface area contributed by atoms with E-state index in [2.05, 4.69) is 0 Å². The smallest absolute Gasteiger partial charge is 0.261 e. The van der Waals surface area contributed by atoms with E-state index in [1.807, 2.05) is 60.7 Å². The molecule has 1 radical (unpaired) electrons. The zero-order valence-electron chi connectivity index (χ0n) is 16.9. The number of benzene rings is 3. The molecule has 151 valence electrons. The molecule has 0 atom stereocenters. The van der Waals surface area contributed by atoms with Crippen LogP contribution >= 0.6 is 0 Å². The summed E-state index contributed by atoms with van der Waals surface area (Å²) >= 11 is 0. The average molecular weight is 406 g/mol. The maximum absolute atomic E-state index is 12.6. The number of amides is 2. The number of aliphatic imine (C=N–C) groups is 1. The van der Waals surface area contributed by atoms with Crippen molar-refractivity contribution < 1.29 is 9.59 Å². The van der Waals surface area contributed by atoms with Gasteiger partial charge in [0.1, 0.15) is 5.84 Å². The summed E-state index contributed by atoms with van der Waals surface area (Å²) in [7, 11) is 0. The molecule has 3 aromatic carbocycles. The lowest BCUT2D eigenvalue weighted by Gasteiger charge is -2.13. The maximum atomic E-state index is 12.6. The molecule has 0 saturated heterocycles. The molecule has 0 bridgehead atoms. The van der Waals surface area contributed by atoms with E-state index < -0.39 is 0 Å². The van der Waals surface area contributed by atoms with Gasteiger partial charge in [0.2, 0.25) is 0 Å². The van der Waals surface area contributed by atoms with Crippen molar-refractivity contribution in [2.45, 2.75) is 12.8 Å². The van der Waals surface area contributed by atoms with Crippen LogP contribution in [-0.4, -0.2) is 29.1 Å². The van der Waals surface area contributed by atoms with Gasteiger partial charge in [-0.15, -0.1) is 0 Å². The summed E-state index contributed by atoms with van der Waals surface area (Å²) in [5.41, 5.74) is 4.69. The van der Waals surface area contributed by atoms with Crippen LogP contribution in [0.1, 0.15) is 44.7 Å². The Labute approximate surface area is 180 Å². The van der Waals surface area contributed by atoms with E-state index in [-0.39, 0.29) is 11.8 Å². The van der Waals surface area contributed by atoms with Crippen molar-refractivity contribution in [3.63, 3.8) is 0 Å². The van der Waals surface area contributed by atoms with Gasteiger partial charge in [0.25, 0.3) is 11.8 Å². The summed E-state index contributed by atoms with van der Waals surface area (Å²) in [6.07, 6.45) is 1.19. The van der Waals surface area contributed by atoms with Crippen LogP contribution in [-0.2, 0) is 0 Å². The zero-order chi connectivity index (χ0) is 21.2. The second-order valence-electron chi connectivity index (χ2n) is 7.48. The number of carbonyl (C=O) groups excluding carboxylic acids is 2. The Morgan fingerprint density at radius 2 is 1.16 bits per heavy atom. The summed E-state index contributed by atoms with van der Waals surface area (Å²) in [5, 5.41) is 4.80. The quantitative estimate of drug-likeness (QED) is 0.562. The molecule has 5 nitrogen and oxygen atoms in total. The Balaban J connectivity index is 1.30. The first kappa shape index (κ1) is 19.0. The van der Waals surface area contributed by atoms with Crippen molar-refractivity contribution in [2.24, 2.45) is 4.99 Å². The molecule has 2 amide bonds. The summed E-state index contributed by atoms with van der Waals surface area (Å²) in [5.74, 6) is 0.271. The molecule has 2 aliphatic rings. The molecule has 0 unspecified atom stereocenters. The number of hydrogen-bond donors (Lipinski definition) is 0. The molecular weight excluding hydrogens is 386 g/mol. The van der Waals surface area contributed by atoms with Gasteiger partial charge in [0.15, 0.2) is 0 Å². The Morgan fingerprint density at radius 3 is 1.74 bits per heavy atom. The number of carbonyl (C=O) groups is 2. The van der Waals surface area contributed by atoms with Crippen LogP contribution < -0.4 is 5.32 Å². The Hall–Kier alpha value is -3.99. The normalized spacial score (nSPS) is 15.2. The fraction of sp³-hybridized carbons (Fsp3) is 0.115. The molecule has 2 heterocycles. The van der Waals surface area contributed by atoms with E-state index in [9.17, 15) is 9.59 Å². The lowest BCUT2D eigenvalue weighted by molar-refractivity contribution is 0.0653. The minimum Gasteiger partial charge on any atom is -0.274 e. The highest BCUT2D eigenvalue weighted by Gasteiger charge is 2.34. The standard InChI is InChI=1S/C26H20N3O2/c30-25-20-14-7-8-15-21(20)26(31)29(25)17-9-16-22-27-23(18-10-3-1-4-11-18)24(28-22)19-12-5-2-6-13-19/h1-8,10-15H,9,16-17H2. The molecule has 31 heavy (non-hydrogen) atoms. The van der Waals surface area contributed by atoms with Crippen LogP contribution in [0.5, 0.6) is 0 Å². The third-order valence-electron chi connectivity index (χ3n) is 5.46. The summed E-state index contributed by atoms with van der Waals surface area (Å²) in [6.45, 7) is 0.349. The van der Waals surface area contributed by atoms with Gasteiger partial charge in [-0.2, -0.15) is 0 Å². The highest BCUT2D eigenvalue weighted by atomic mass is 16.2. The molecular formula is C26H20N3O2. The predicted octanol–water partition coefficient (Wildman–Crippen LogP) is 4.61. The van der Waals surface area contributed by atoms with E-state index in [4.69, 9.17) is 10.3 Å². The minimum absolute atomic E-state index is 0.223. The molecule has 3 aromatic rings. The highest BCUT2D eigenvalue weighted by molar-refractivity contribution is 6.21. The van der Waals surface area contributed by atoms with Crippen LogP contribution in [0.25, 0.3) is 11.4 Å². The molecule has 0 aliphatic carbocycles. The average Bonchev–Trinajstić information content (AvgIpc) is 3.36. The van der Waals surface area contributed by atoms with Gasteiger partial charge in [-0.1, -0.05) is 72.8 Å². The van der Waals surface area contributed by atoms with Crippen molar-refractivity contribution in [3.05, 3.63) is 107 Å². The topological polar surface area (TPSA) is 63.8 Å². The van der Waals surface area contributed by atoms with Gasteiger partial charge in [-0.25, -0.2) is 10.3 Å². The summed E-state index contributed by atoms with van der Waals surface area (Å²) < 4.78 is 0. The molecule has 2 aliphatic heterocycles. The minimum atomic E-state index is -0.223. The van der Waals surface area contributed by atoms with Crippen molar-refractivity contribution >= 4 is 29.0 Å². The van der Waals surface area contributed by atoms with Crippen molar-refractivity contribution in [3.8, 4) is 0 Å². The monoisotopic (exact) mass is 406 g/mol. The summed E-state index contributed by atoms with van der Waals surface area (Å²) in [4.78, 5) is 31.2. The van der Waals surface area contributed by atoms with Crippen molar-refractivity contribution in [1.29, 1.82) is 0 Å². The van der Waals surface area contributed by atoms with Gasteiger partial charge in [-0.05, 0) is 18.6 Å². The molecule has 0 aromatic heterocycles. The third-order valence-corrected chi connectivity index (χ3v) is 5.46. The van der Waals surface area contributed by atoms with Gasteiger partial charge < -0.3 is 0 Å². The Bertz CT molecular complexity index is 1180. The SMILES string of the molecule is O=C1c2ccccc2C(=O)N1CCCC1=NC(c2ccccc2)=C(c2ccccc2)[N]1. The van der Waals surface area contributed by atoms with Crippen LogP contribution in [0.15, 0.2) is 89.9 Å². The van der Waals surface area contributed by atoms with Crippen LogP contribution in [0.4, 0.5) is 0 Å². The molecule has 0 fully saturated rings. The largest absolute Gasteiger partial charge is 0.274 e. The van der Waals surface area contributed by atoms with Gasteiger partial charge in [-0.3, -0.25) is 14.5 Å². The van der Waals surface area contributed by atoms with Crippen LogP contribution in [0.3, 0.4) is 0 Å². The zero-order valence-corrected chi connectivity index (χ0v) is 16.9. The van der Waals surface area contributed by atoms with E-state index >= 15 is 0 Å². The number of amidine groups is 1. The number of rotatable bonds is 6. The second-order valence-corrected chi connectivity index (χ2v) is 7.48.